The minimum absolute atomic E-state index is 0.00984. The van der Waals surface area contributed by atoms with Crippen LogP contribution in [0.2, 0.25) is 0 Å². The van der Waals surface area contributed by atoms with E-state index in [1.54, 1.807) is 24.0 Å². The SMILES string of the molecule is Cc1nonc1CC(=O)N1CCC1c1ccc(F)cc1. The molecule has 0 radical (unpaired) electrons. The molecule has 1 aliphatic heterocycles. The van der Waals surface area contributed by atoms with E-state index in [0.717, 1.165) is 12.0 Å². The quantitative estimate of drug-likeness (QED) is 0.860. The first-order valence-electron chi connectivity index (χ1n) is 6.48. The van der Waals surface area contributed by atoms with E-state index in [-0.39, 0.29) is 24.2 Å². The monoisotopic (exact) mass is 275 g/mol. The Balaban J connectivity index is 1.70. The maximum absolute atomic E-state index is 12.9. The first-order chi connectivity index (χ1) is 9.65. The third-order valence-corrected chi connectivity index (χ3v) is 3.66. The summed E-state index contributed by atoms with van der Waals surface area (Å²) in [7, 11) is 0. The van der Waals surface area contributed by atoms with Crippen molar-refractivity contribution in [2.24, 2.45) is 0 Å². The van der Waals surface area contributed by atoms with E-state index >= 15 is 0 Å². The molecule has 0 aliphatic carbocycles. The Bertz CT molecular complexity index is 624. The lowest BCUT2D eigenvalue weighted by Gasteiger charge is -2.41. The van der Waals surface area contributed by atoms with Crippen LogP contribution >= 0.6 is 0 Å². The van der Waals surface area contributed by atoms with Crippen LogP contribution < -0.4 is 0 Å². The van der Waals surface area contributed by atoms with Crippen LogP contribution in [-0.2, 0) is 11.2 Å². The normalized spacial score (nSPS) is 17.9. The molecule has 0 N–H and O–H groups in total. The summed E-state index contributed by atoms with van der Waals surface area (Å²) in [4.78, 5) is 14.0. The minimum Gasteiger partial charge on any atom is -0.335 e. The number of hydrogen-bond donors (Lipinski definition) is 0. The molecule has 3 rings (SSSR count). The summed E-state index contributed by atoms with van der Waals surface area (Å²) < 4.78 is 17.5. The Morgan fingerprint density at radius 1 is 1.40 bits per heavy atom. The molecule has 1 saturated heterocycles. The lowest BCUT2D eigenvalue weighted by molar-refractivity contribution is -0.138. The molecule has 2 heterocycles. The number of hydrogen-bond acceptors (Lipinski definition) is 4. The Kier molecular flexibility index (Phi) is 3.22. The predicted molar refractivity (Wildman–Crippen MR) is 68.2 cm³/mol. The molecular weight excluding hydrogens is 261 g/mol. The smallest absolute Gasteiger partial charge is 0.229 e. The third kappa shape index (κ3) is 2.29. The van der Waals surface area contributed by atoms with E-state index in [9.17, 15) is 9.18 Å². The Hall–Kier alpha value is -2.24. The van der Waals surface area contributed by atoms with Crippen molar-refractivity contribution >= 4 is 5.91 Å². The van der Waals surface area contributed by atoms with Crippen LogP contribution in [0, 0.1) is 12.7 Å². The molecule has 1 aromatic carbocycles. The Labute approximate surface area is 115 Å². The van der Waals surface area contributed by atoms with Gasteiger partial charge in [-0.15, -0.1) is 0 Å². The highest BCUT2D eigenvalue weighted by atomic mass is 19.1. The summed E-state index contributed by atoms with van der Waals surface area (Å²) in [6.07, 6.45) is 1.08. The zero-order valence-corrected chi connectivity index (χ0v) is 11.0. The molecule has 104 valence electrons. The van der Waals surface area contributed by atoms with Crippen LogP contribution in [0.4, 0.5) is 4.39 Å². The summed E-state index contributed by atoms with van der Waals surface area (Å²) >= 11 is 0. The second kappa shape index (κ2) is 5.03. The van der Waals surface area contributed by atoms with Crippen molar-refractivity contribution < 1.29 is 13.8 Å². The van der Waals surface area contributed by atoms with Gasteiger partial charge in [-0.05, 0) is 31.0 Å². The van der Waals surface area contributed by atoms with E-state index in [1.807, 2.05) is 0 Å². The number of likely N-dealkylation sites (tertiary alicyclic amines) is 1. The summed E-state index contributed by atoms with van der Waals surface area (Å²) in [5, 5.41) is 7.38. The first kappa shape index (κ1) is 12.8. The average Bonchev–Trinajstić information content (AvgIpc) is 2.76. The van der Waals surface area contributed by atoms with Crippen LogP contribution in [0.1, 0.15) is 29.4 Å². The van der Waals surface area contributed by atoms with Gasteiger partial charge < -0.3 is 4.90 Å². The highest BCUT2D eigenvalue weighted by Gasteiger charge is 2.33. The van der Waals surface area contributed by atoms with Gasteiger partial charge in [0, 0.05) is 6.54 Å². The van der Waals surface area contributed by atoms with Gasteiger partial charge in [0.05, 0.1) is 12.5 Å². The zero-order valence-electron chi connectivity index (χ0n) is 11.0. The van der Waals surface area contributed by atoms with Crippen molar-refractivity contribution in [1.82, 2.24) is 15.2 Å². The molecule has 1 amide bonds. The molecule has 0 spiro atoms. The predicted octanol–water partition coefficient (Wildman–Crippen LogP) is 2.03. The topological polar surface area (TPSA) is 59.2 Å². The molecule has 2 aromatic rings. The van der Waals surface area contributed by atoms with Gasteiger partial charge in [0.2, 0.25) is 5.91 Å². The molecule has 1 aliphatic rings. The van der Waals surface area contributed by atoms with E-state index in [4.69, 9.17) is 0 Å². The number of amides is 1. The molecule has 1 unspecified atom stereocenters. The number of aromatic nitrogens is 2. The molecule has 6 heteroatoms. The molecule has 0 bridgehead atoms. The van der Waals surface area contributed by atoms with Crippen molar-refractivity contribution in [3.63, 3.8) is 0 Å². The number of halogens is 1. The van der Waals surface area contributed by atoms with E-state index in [0.29, 0.717) is 17.9 Å². The first-order valence-corrected chi connectivity index (χ1v) is 6.48. The number of carbonyl (C=O) groups is 1. The standard InChI is InChI=1S/C14H14FN3O2/c1-9-12(17-20-16-9)8-14(19)18-7-6-13(18)10-2-4-11(15)5-3-10/h2-5,13H,6-8H2,1H3. The van der Waals surface area contributed by atoms with Gasteiger partial charge in [0.1, 0.15) is 17.2 Å². The minimum atomic E-state index is -0.268. The van der Waals surface area contributed by atoms with Crippen molar-refractivity contribution in [2.75, 3.05) is 6.54 Å². The van der Waals surface area contributed by atoms with Gasteiger partial charge in [-0.2, -0.15) is 0 Å². The van der Waals surface area contributed by atoms with Crippen molar-refractivity contribution in [3.8, 4) is 0 Å². The van der Waals surface area contributed by atoms with Gasteiger partial charge in [-0.1, -0.05) is 22.4 Å². The lowest BCUT2D eigenvalue weighted by Crippen LogP contribution is -2.45. The second-order valence-corrected chi connectivity index (χ2v) is 4.92. The van der Waals surface area contributed by atoms with Gasteiger partial charge >= 0.3 is 0 Å². The number of aryl methyl sites for hydroxylation is 1. The van der Waals surface area contributed by atoms with Crippen LogP contribution in [-0.4, -0.2) is 27.7 Å². The molecule has 1 fully saturated rings. The highest BCUT2D eigenvalue weighted by Crippen LogP contribution is 2.33. The number of carbonyl (C=O) groups excluding carboxylic acids is 1. The maximum atomic E-state index is 12.9. The molecule has 5 nitrogen and oxygen atoms in total. The third-order valence-electron chi connectivity index (χ3n) is 3.66. The fourth-order valence-corrected chi connectivity index (χ4v) is 2.37. The van der Waals surface area contributed by atoms with E-state index < -0.39 is 0 Å². The summed E-state index contributed by atoms with van der Waals surface area (Å²) in [6, 6.07) is 6.32. The van der Waals surface area contributed by atoms with Crippen LogP contribution in [0.5, 0.6) is 0 Å². The number of benzene rings is 1. The van der Waals surface area contributed by atoms with Crippen molar-refractivity contribution in [3.05, 3.63) is 47.0 Å². The number of nitrogens with zero attached hydrogens (tertiary/aromatic N) is 3. The average molecular weight is 275 g/mol. The fraction of sp³-hybridized carbons (Fsp3) is 0.357. The highest BCUT2D eigenvalue weighted by molar-refractivity contribution is 5.79. The summed E-state index contributed by atoms with van der Waals surface area (Å²) in [5.41, 5.74) is 2.16. The Morgan fingerprint density at radius 3 is 2.70 bits per heavy atom. The zero-order chi connectivity index (χ0) is 14.1. The summed E-state index contributed by atoms with van der Waals surface area (Å²) in [5.74, 6) is -0.278. The fourth-order valence-electron chi connectivity index (χ4n) is 2.37. The molecule has 1 atom stereocenters. The van der Waals surface area contributed by atoms with Crippen molar-refractivity contribution in [1.29, 1.82) is 0 Å². The van der Waals surface area contributed by atoms with Gasteiger partial charge in [-0.25, -0.2) is 9.02 Å². The van der Waals surface area contributed by atoms with Gasteiger partial charge in [0.15, 0.2) is 0 Å². The van der Waals surface area contributed by atoms with Crippen LogP contribution in [0.15, 0.2) is 28.9 Å². The van der Waals surface area contributed by atoms with Gasteiger partial charge in [-0.3, -0.25) is 4.79 Å². The molecule has 1 aromatic heterocycles. The summed E-state index contributed by atoms with van der Waals surface area (Å²) in [6.45, 7) is 2.47. The lowest BCUT2D eigenvalue weighted by atomic mass is 9.94. The van der Waals surface area contributed by atoms with E-state index in [1.165, 1.54) is 12.1 Å². The largest absolute Gasteiger partial charge is 0.335 e. The molecular formula is C14H14FN3O2. The molecule has 20 heavy (non-hydrogen) atoms. The molecule has 0 saturated carbocycles. The Morgan fingerprint density at radius 2 is 2.15 bits per heavy atom. The van der Waals surface area contributed by atoms with E-state index in [2.05, 4.69) is 14.9 Å². The van der Waals surface area contributed by atoms with Crippen molar-refractivity contribution in [2.45, 2.75) is 25.8 Å². The van der Waals surface area contributed by atoms with Gasteiger partial charge in [0.25, 0.3) is 0 Å². The van der Waals surface area contributed by atoms with Crippen LogP contribution in [0.25, 0.3) is 0 Å². The number of rotatable bonds is 3. The maximum Gasteiger partial charge on any atom is 0.229 e. The second-order valence-electron chi connectivity index (χ2n) is 4.92. The van der Waals surface area contributed by atoms with Crippen LogP contribution in [0.3, 0.4) is 0 Å².